The van der Waals surface area contributed by atoms with Crippen molar-refractivity contribution in [2.45, 2.75) is 32.7 Å². The molecule has 0 aliphatic carbocycles. The standard InChI is InChI=1S/C19H32N4O2/c1-4-23-11-8-15(9-12-23)7-10-21-19(20)22-14-16-5-6-17(24-2)18(13-16)25-3/h5-6,13,15H,4,7-12,14H2,1-3H3,(H3,20,21,22). The number of guanidine groups is 1. The zero-order chi connectivity index (χ0) is 18.1. The first-order valence-corrected chi connectivity index (χ1v) is 9.13. The molecule has 1 saturated heterocycles. The van der Waals surface area contributed by atoms with Crippen molar-refractivity contribution in [3.63, 3.8) is 0 Å². The quantitative estimate of drug-likeness (QED) is 0.557. The SMILES string of the molecule is CCN1CCC(CCNC(N)=NCc2ccc(OC)c(OC)c2)CC1. The molecule has 25 heavy (non-hydrogen) atoms. The zero-order valence-electron chi connectivity index (χ0n) is 15.8. The molecule has 6 heteroatoms. The molecule has 1 heterocycles. The second-order valence-corrected chi connectivity index (χ2v) is 6.48. The fraction of sp³-hybridized carbons (Fsp3) is 0.632. The third-order valence-electron chi connectivity index (χ3n) is 4.89. The Balaban J connectivity index is 1.73. The summed E-state index contributed by atoms with van der Waals surface area (Å²) in [6.07, 6.45) is 3.74. The molecule has 0 amide bonds. The maximum absolute atomic E-state index is 5.98. The molecule has 1 fully saturated rings. The molecule has 2 rings (SSSR count). The van der Waals surface area contributed by atoms with E-state index in [9.17, 15) is 0 Å². The summed E-state index contributed by atoms with van der Waals surface area (Å²) in [5.41, 5.74) is 7.02. The van der Waals surface area contributed by atoms with Crippen molar-refractivity contribution in [1.82, 2.24) is 10.2 Å². The third-order valence-corrected chi connectivity index (χ3v) is 4.89. The van der Waals surface area contributed by atoms with Gasteiger partial charge in [-0.3, -0.25) is 0 Å². The van der Waals surface area contributed by atoms with Gasteiger partial charge in [-0.25, -0.2) is 4.99 Å². The molecule has 3 N–H and O–H groups in total. The Morgan fingerprint density at radius 2 is 1.96 bits per heavy atom. The van der Waals surface area contributed by atoms with Crippen molar-refractivity contribution in [1.29, 1.82) is 0 Å². The van der Waals surface area contributed by atoms with Gasteiger partial charge in [0.2, 0.25) is 0 Å². The lowest BCUT2D eigenvalue weighted by molar-refractivity contribution is 0.187. The molecule has 0 aromatic heterocycles. The highest BCUT2D eigenvalue weighted by Gasteiger charge is 2.17. The van der Waals surface area contributed by atoms with Crippen LogP contribution in [0.1, 0.15) is 31.7 Å². The van der Waals surface area contributed by atoms with Crippen LogP contribution in [0.2, 0.25) is 0 Å². The van der Waals surface area contributed by atoms with Crippen LogP contribution in [-0.4, -0.2) is 51.3 Å². The van der Waals surface area contributed by atoms with E-state index in [1.165, 1.54) is 32.5 Å². The lowest BCUT2D eigenvalue weighted by Gasteiger charge is -2.31. The molecule has 0 spiro atoms. The van der Waals surface area contributed by atoms with Gasteiger partial charge in [0.25, 0.3) is 0 Å². The zero-order valence-corrected chi connectivity index (χ0v) is 15.8. The number of rotatable bonds is 8. The highest BCUT2D eigenvalue weighted by molar-refractivity contribution is 5.77. The molecular weight excluding hydrogens is 316 g/mol. The second kappa shape index (κ2) is 10.1. The van der Waals surface area contributed by atoms with E-state index in [4.69, 9.17) is 15.2 Å². The number of ether oxygens (including phenoxy) is 2. The van der Waals surface area contributed by atoms with Gasteiger partial charge in [0, 0.05) is 6.54 Å². The van der Waals surface area contributed by atoms with Crippen LogP contribution in [0.5, 0.6) is 11.5 Å². The largest absolute Gasteiger partial charge is 0.493 e. The molecule has 0 unspecified atom stereocenters. The number of nitrogens with zero attached hydrogens (tertiary/aromatic N) is 2. The van der Waals surface area contributed by atoms with Crippen LogP contribution >= 0.6 is 0 Å². The number of benzene rings is 1. The summed E-state index contributed by atoms with van der Waals surface area (Å²) in [6, 6.07) is 5.78. The molecule has 1 aromatic carbocycles. The van der Waals surface area contributed by atoms with Gasteiger partial charge in [-0.15, -0.1) is 0 Å². The Hall–Kier alpha value is -1.95. The molecule has 1 aliphatic rings. The van der Waals surface area contributed by atoms with Gasteiger partial charge >= 0.3 is 0 Å². The monoisotopic (exact) mass is 348 g/mol. The summed E-state index contributed by atoms with van der Waals surface area (Å²) in [5, 5.41) is 3.23. The Labute approximate surface area is 151 Å². The Bertz CT molecular complexity index is 554. The molecule has 6 nitrogen and oxygen atoms in total. The van der Waals surface area contributed by atoms with E-state index in [0.717, 1.165) is 30.2 Å². The third kappa shape index (κ3) is 6.12. The predicted molar refractivity (Wildman–Crippen MR) is 102 cm³/mol. The summed E-state index contributed by atoms with van der Waals surface area (Å²) in [7, 11) is 3.26. The number of nitrogens with two attached hydrogens (primary N) is 1. The highest BCUT2D eigenvalue weighted by Crippen LogP contribution is 2.27. The Morgan fingerprint density at radius 1 is 1.24 bits per heavy atom. The fourth-order valence-electron chi connectivity index (χ4n) is 3.21. The lowest BCUT2D eigenvalue weighted by Crippen LogP contribution is -2.36. The number of hydrogen-bond acceptors (Lipinski definition) is 4. The van der Waals surface area contributed by atoms with E-state index in [0.29, 0.717) is 18.3 Å². The van der Waals surface area contributed by atoms with E-state index >= 15 is 0 Å². The van der Waals surface area contributed by atoms with E-state index in [1.54, 1.807) is 14.2 Å². The number of methoxy groups -OCH3 is 2. The van der Waals surface area contributed by atoms with E-state index < -0.39 is 0 Å². The molecule has 1 aliphatic heterocycles. The van der Waals surface area contributed by atoms with Gasteiger partial charge in [0.15, 0.2) is 17.5 Å². The predicted octanol–water partition coefficient (Wildman–Crippen LogP) is 2.23. The van der Waals surface area contributed by atoms with Crippen molar-refractivity contribution in [3.8, 4) is 11.5 Å². The highest BCUT2D eigenvalue weighted by atomic mass is 16.5. The van der Waals surface area contributed by atoms with Crippen molar-refractivity contribution < 1.29 is 9.47 Å². The summed E-state index contributed by atoms with van der Waals surface area (Å²) in [4.78, 5) is 6.93. The van der Waals surface area contributed by atoms with Crippen LogP contribution < -0.4 is 20.5 Å². The van der Waals surface area contributed by atoms with Crippen LogP contribution in [0, 0.1) is 5.92 Å². The fourth-order valence-corrected chi connectivity index (χ4v) is 3.21. The van der Waals surface area contributed by atoms with E-state index in [-0.39, 0.29) is 0 Å². The lowest BCUT2D eigenvalue weighted by atomic mass is 9.93. The molecule has 140 valence electrons. The minimum absolute atomic E-state index is 0.501. The molecule has 0 atom stereocenters. The van der Waals surface area contributed by atoms with Gasteiger partial charge < -0.3 is 25.4 Å². The minimum Gasteiger partial charge on any atom is -0.493 e. The van der Waals surface area contributed by atoms with Crippen LogP contribution in [-0.2, 0) is 6.54 Å². The average Bonchev–Trinajstić information content (AvgIpc) is 2.66. The number of aliphatic imine (C=N–C) groups is 1. The topological polar surface area (TPSA) is 72.1 Å². The molecule has 0 bridgehead atoms. The summed E-state index contributed by atoms with van der Waals surface area (Å²) < 4.78 is 10.5. The van der Waals surface area contributed by atoms with Crippen LogP contribution in [0.3, 0.4) is 0 Å². The smallest absolute Gasteiger partial charge is 0.188 e. The first-order chi connectivity index (χ1) is 12.2. The van der Waals surface area contributed by atoms with Crippen molar-refractivity contribution in [3.05, 3.63) is 23.8 Å². The van der Waals surface area contributed by atoms with Crippen molar-refractivity contribution >= 4 is 5.96 Å². The summed E-state index contributed by atoms with van der Waals surface area (Å²) in [6.45, 7) is 7.26. The summed E-state index contributed by atoms with van der Waals surface area (Å²) in [5.74, 6) is 2.73. The van der Waals surface area contributed by atoms with Crippen molar-refractivity contribution in [2.75, 3.05) is 40.4 Å². The van der Waals surface area contributed by atoms with Gasteiger partial charge in [-0.2, -0.15) is 0 Å². The minimum atomic E-state index is 0.501. The van der Waals surface area contributed by atoms with E-state index in [1.807, 2.05) is 18.2 Å². The molecule has 0 saturated carbocycles. The first-order valence-electron chi connectivity index (χ1n) is 9.13. The normalized spacial score (nSPS) is 16.7. The van der Waals surface area contributed by atoms with Crippen molar-refractivity contribution in [2.24, 2.45) is 16.6 Å². The van der Waals surface area contributed by atoms with Gasteiger partial charge in [0.05, 0.1) is 20.8 Å². The molecule has 1 aromatic rings. The maximum atomic E-state index is 5.98. The van der Waals surface area contributed by atoms with Crippen LogP contribution in [0.25, 0.3) is 0 Å². The van der Waals surface area contributed by atoms with Gasteiger partial charge in [0.1, 0.15) is 0 Å². The van der Waals surface area contributed by atoms with Gasteiger partial charge in [-0.1, -0.05) is 13.0 Å². The average molecular weight is 348 g/mol. The number of nitrogens with one attached hydrogen (secondary N) is 1. The van der Waals surface area contributed by atoms with Gasteiger partial charge in [-0.05, 0) is 62.5 Å². The Morgan fingerprint density at radius 3 is 2.60 bits per heavy atom. The maximum Gasteiger partial charge on any atom is 0.188 e. The number of piperidine rings is 1. The van der Waals surface area contributed by atoms with Crippen LogP contribution in [0.4, 0.5) is 0 Å². The number of likely N-dealkylation sites (tertiary alicyclic amines) is 1. The Kier molecular flexibility index (Phi) is 7.85. The molecule has 0 radical (unpaired) electrons. The second-order valence-electron chi connectivity index (χ2n) is 6.48. The van der Waals surface area contributed by atoms with Crippen LogP contribution in [0.15, 0.2) is 23.2 Å². The molecular formula is C19H32N4O2. The van der Waals surface area contributed by atoms with E-state index in [2.05, 4.69) is 22.1 Å². The summed E-state index contributed by atoms with van der Waals surface area (Å²) >= 11 is 0. The number of hydrogen-bond donors (Lipinski definition) is 2. The first kappa shape index (κ1) is 19.4.